The minimum absolute atomic E-state index is 0.153. The normalized spacial score (nSPS) is 30.7. The van der Waals surface area contributed by atoms with Crippen LogP contribution in [0.25, 0.3) is 0 Å². The third kappa shape index (κ3) is 3.10. The summed E-state index contributed by atoms with van der Waals surface area (Å²) in [4.78, 5) is 2.50. The first-order valence-corrected chi connectivity index (χ1v) is 8.44. The maximum atomic E-state index is 6.22. The van der Waals surface area contributed by atoms with E-state index in [0.717, 1.165) is 23.5 Å². The van der Waals surface area contributed by atoms with E-state index >= 15 is 0 Å². The maximum Gasteiger partial charge on any atom is 0.0360 e. The van der Waals surface area contributed by atoms with Crippen molar-refractivity contribution in [3.63, 3.8) is 0 Å². The van der Waals surface area contributed by atoms with Crippen LogP contribution in [0, 0.1) is 11.8 Å². The van der Waals surface area contributed by atoms with E-state index in [1.165, 1.54) is 24.8 Å². The number of benzene rings is 1. The van der Waals surface area contributed by atoms with Gasteiger partial charge in [0.05, 0.1) is 0 Å². The molecule has 1 fully saturated rings. The molecule has 3 heteroatoms. The molecule has 0 saturated heterocycles. The van der Waals surface area contributed by atoms with Gasteiger partial charge < -0.3 is 5.73 Å². The fraction of sp³-hybridized carbons (Fsp3) is 0.647. The van der Waals surface area contributed by atoms with Gasteiger partial charge in [-0.3, -0.25) is 4.90 Å². The van der Waals surface area contributed by atoms with Gasteiger partial charge in [0.1, 0.15) is 0 Å². The highest BCUT2D eigenvalue weighted by Crippen LogP contribution is 2.41. The summed E-state index contributed by atoms with van der Waals surface area (Å²) in [6, 6.07) is 8.59. The maximum absolute atomic E-state index is 6.22. The molecule has 0 amide bonds. The van der Waals surface area contributed by atoms with Gasteiger partial charge in [-0.1, -0.05) is 54.8 Å². The molecule has 20 heavy (non-hydrogen) atoms. The van der Waals surface area contributed by atoms with Gasteiger partial charge in [-0.05, 0) is 43.0 Å². The Kier molecular flexibility index (Phi) is 5.27. The Morgan fingerprint density at radius 2 is 2.15 bits per heavy atom. The molecule has 3 unspecified atom stereocenters. The van der Waals surface area contributed by atoms with Crippen molar-refractivity contribution in [1.82, 2.24) is 4.90 Å². The second kappa shape index (κ2) is 6.59. The van der Waals surface area contributed by atoms with E-state index in [0.29, 0.717) is 5.92 Å². The number of nitrogens with two attached hydrogens (primary N) is 1. The highest BCUT2D eigenvalue weighted by atomic mass is 79.9. The monoisotopic (exact) mass is 338 g/mol. The Morgan fingerprint density at radius 3 is 2.80 bits per heavy atom. The lowest BCUT2D eigenvalue weighted by atomic mass is 9.67. The Bertz CT molecular complexity index is 448. The number of nitrogens with zero attached hydrogens (tertiary/aromatic N) is 1. The second-order valence-electron chi connectivity index (χ2n) is 6.45. The van der Waals surface area contributed by atoms with E-state index in [1.54, 1.807) is 0 Å². The molecular formula is C17H27BrN2. The van der Waals surface area contributed by atoms with Crippen LogP contribution >= 0.6 is 15.9 Å². The largest absolute Gasteiger partial charge is 0.329 e. The lowest BCUT2D eigenvalue weighted by Gasteiger charge is -2.51. The van der Waals surface area contributed by atoms with Crippen molar-refractivity contribution in [2.75, 3.05) is 13.6 Å². The standard InChI is InChI=1S/C17H27BrN2/c1-13-6-5-9-17(12-19,14(13)2)20(3)11-15-7-4-8-16(18)10-15/h4,7-8,10,13-14H,5-6,9,11-12,19H2,1-3H3. The molecule has 2 N–H and O–H groups in total. The molecule has 2 nitrogen and oxygen atoms in total. The van der Waals surface area contributed by atoms with Crippen LogP contribution in [0.1, 0.15) is 38.7 Å². The fourth-order valence-electron chi connectivity index (χ4n) is 3.79. The molecule has 1 aromatic carbocycles. The zero-order valence-electron chi connectivity index (χ0n) is 12.9. The minimum atomic E-state index is 0.153. The average molecular weight is 339 g/mol. The molecule has 0 aliphatic heterocycles. The van der Waals surface area contributed by atoms with Crippen LogP contribution in [0.15, 0.2) is 28.7 Å². The zero-order chi connectivity index (χ0) is 14.8. The molecule has 112 valence electrons. The predicted octanol–water partition coefficient (Wildman–Crippen LogP) is 4.03. The number of halogens is 1. The summed E-state index contributed by atoms with van der Waals surface area (Å²) in [5.41, 5.74) is 7.72. The summed E-state index contributed by atoms with van der Waals surface area (Å²) < 4.78 is 1.15. The molecule has 1 aliphatic carbocycles. The average Bonchev–Trinajstić information content (AvgIpc) is 2.42. The molecule has 3 atom stereocenters. The van der Waals surface area contributed by atoms with Gasteiger partial charge in [0.15, 0.2) is 0 Å². The van der Waals surface area contributed by atoms with Crippen LogP contribution in [-0.2, 0) is 6.54 Å². The lowest BCUT2D eigenvalue weighted by Crippen LogP contribution is -2.59. The quantitative estimate of drug-likeness (QED) is 0.897. The minimum Gasteiger partial charge on any atom is -0.329 e. The first kappa shape index (κ1) is 16.0. The van der Waals surface area contributed by atoms with Crippen LogP contribution < -0.4 is 5.73 Å². The number of likely N-dealkylation sites (N-methyl/N-ethyl adjacent to an activating group) is 1. The van der Waals surface area contributed by atoms with Crippen molar-refractivity contribution in [3.05, 3.63) is 34.3 Å². The fourth-order valence-corrected chi connectivity index (χ4v) is 4.23. The van der Waals surface area contributed by atoms with Gasteiger partial charge in [-0.2, -0.15) is 0 Å². The Balaban J connectivity index is 2.18. The molecule has 1 saturated carbocycles. The van der Waals surface area contributed by atoms with E-state index < -0.39 is 0 Å². The molecule has 2 rings (SSSR count). The zero-order valence-corrected chi connectivity index (χ0v) is 14.5. The second-order valence-corrected chi connectivity index (χ2v) is 7.37. The number of hydrogen-bond donors (Lipinski definition) is 1. The topological polar surface area (TPSA) is 29.3 Å². The van der Waals surface area contributed by atoms with Crippen molar-refractivity contribution in [3.8, 4) is 0 Å². The Labute approximate surface area is 131 Å². The highest BCUT2D eigenvalue weighted by Gasteiger charge is 2.43. The van der Waals surface area contributed by atoms with Crippen molar-refractivity contribution >= 4 is 15.9 Å². The number of hydrogen-bond acceptors (Lipinski definition) is 2. The molecule has 0 radical (unpaired) electrons. The molecular weight excluding hydrogens is 312 g/mol. The van der Waals surface area contributed by atoms with Crippen molar-refractivity contribution in [1.29, 1.82) is 0 Å². The van der Waals surface area contributed by atoms with Crippen LogP contribution in [0.2, 0.25) is 0 Å². The van der Waals surface area contributed by atoms with Crippen LogP contribution in [0.4, 0.5) is 0 Å². The SMILES string of the molecule is CC1CCCC(CN)(N(C)Cc2cccc(Br)c2)C1C. The first-order chi connectivity index (χ1) is 9.49. The van der Waals surface area contributed by atoms with Gasteiger partial charge in [-0.25, -0.2) is 0 Å². The smallest absolute Gasteiger partial charge is 0.0360 e. The Morgan fingerprint density at radius 1 is 1.40 bits per heavy atom. The van der Waals surface area contributed by atoms with Crippen molar-refractivity contribution in [2.45, 2.75) is 45.2 Å². The number of rotatable bonds is 4. The molecule has 1 aliphatic rings. The summed E-state index contributed by atoms with van der Waals surface area (Å²) >= 11 is 3.56. The van der Waals surface area contributed by atoms with Crippen molar-refractivity contribution < 1.29 is 0 Å². The molecule has 0 aromatic heterocycles. The van der Waals surface area contributed by atoms with E-state index in [1.807, 2.05) is 0 Å². The summed E-state index contributed by atoms with van der Waals surface area (Å²) in [6.07, 6.45) is 3.86. The molecule has 0 bridgehead atoms. The summed E-state index contributed by atoms with van der Waals surface area (Å²) in [5, 5.41) is 0. The van der Waals surface area contributed by atoms with E-state index in [9.17, 15) is 0 Å². The van der Waals surface area contributed by atoms with Gasteiger partial charge in [0, 0.05) is 23.1 Å². The van der Waals surface area contributed by atoms with Crippen LogP contribution in [-0.4, -0.2) is 24.0 Å². The highest BCUT2D eigenvalue weighted by molar-refractivity contribution is 9.10. The third-order valence-corrected chi connectivity index (χ3v) is 5.89. The summed E-state index contributed by atoms with van der Waals surface area (Å²) in [6.45, 7) is 6.48. The van der Waals surface area contributed by atoms with Crippen molar-refractivity contribution in [2.24, 2.45) is 17.6 Å². The summed E-state index contributed by atoms with van der Waals surface area (Å²) in [5.74, 6) is 1.41. The first-order valence-electron chi connectivity index (χ1n) is 7.65. The third-order valence-electron chi connectivity index (χ3n) is 5.39. The lowest BCUT2D eigenvalue weighted by molar-refractivity contribution is 0.00136. The van der Waals surface area contributed by atoms with E-state index in [-0.39, 0.29) is 5.54 Å². The van der Waals surface area contributed by atoms with Crippen LogP contribution in [0.3, 0.4) is 0 Å². The summed E-state index contributed by atoms with van der Waals surface area (Å²) in [7, 11) is 2.24. The molecule has 0 heterocycles. The van der Waals surface area contributed by atoms with Gasteiger partial charge in [0.25, 0.3) is 0 Å². The Hall–Kier alpha value is -0.380. The predicted molar refractivity (Wildman–Crippen MR) is 89.6 cm³/mol. The van der Waals surface area contributed by atoms with Gasteiger partial charge in [-0.15, -0.1) is 0 Å². The van der Waals surface area contributed by atoms with Crippen LogP contribution in [0.5, 0.6) is 0 Å². The van der Waals surface area contributed by atoms with E-state index in [2.05, 4.69) is 66.0 Å². The molecule has 1 aromatic rings. The molecule has 0 spiro atoms. The van der Waals surface area contributed by atoms with Gasteiger partial charge >= 0.3 is 0 Å². The van der Waals surface area contributed by atoms with Gasteiger partial charge in [0.2, 0.25) is 0 Å². The van der Waals surface area contributed by atoms with E-state index in [4.69, 9.17) is 5.73 Å².